The van der Waals surface area contributed by atoms with Crippen LogP contribution in [0.15, 0.2) is 0 Å². The molecule has 2 heterocycles. The Kier molecular flexibility index (Phi) is 5.22. The van der Waals surface area contributed by atoms with Gasteiger partial charge in [-0.25, -0.2) is 0 Å². The van der Waals surface area contributed by atoms with Crippen LogP contribution in [0.3, 0.4) is 0 Å². The largest absolute Gasteiger partial charge is 0.481 e. The molecular formula is C15H26N2O4. The monoisotopic (exact) mass is 298 g/mol. The van der Waals surface area contributed by atoms with E-state index in [2.05, 4.69) is 5.32 Å². The van der Waals surface area contributed by atoms with Crippen molar-refractivity contribution in [3.8, 4) is 0 Å². The lowest BCUT2D eigenvalue weighted by atomic mass is 9.88. The van der Waals surface area contributed by atoms with Crippen molar-refractivity contribution in [3.63, 3.8) is 0 Å². The van der Waals surface area contributed by atoms with Gasteiger partial charge in [0.25, 0.3) is 0 Å². The third-order valence-electron chi connectivity index (χ3n) is 4.58. The molecule has 2 aliphatic heterocycles. The molecule has 120 valence electrons. The Hall–Kier alpha value is -1.14. The number of aliphatic carboxylic acids is 1. The van der Waals surface area contributed by atoms with Crippen molar-refractivity contribution in [3.05, 3.63) is 0 Å². The molecule has 3 atom stereocenters. The molecule has 0 aromatic heterocycles. The summed E-state index contributed by atoms with van der Waals surface area (Å²) in [4.78, 5) is 26.1. The van der Waals surface area contributed by atoms with E-state index in [9.17, 15) is 14.7 Å². The standard InChI is InChI=1S/C15H26N2O4/c1-3-8-17(12-10-21-9-11(12)13(18)19)14(20)15(2)6-4-5-7-16-15/h11-12,16H,3-10H2,1-2H3,(H,18,19). The SMILES string of the molecule is CCCN(C(=O)C1(C)CCCCN1)C1COCC1C(=O)O. The number of hydrogen-bond donors (Lipinski definition) is 2. The van der Waals surface area contributed by atoms with E-state index in [1.807, 2.05) is 13.8 Å². The van der Waals surface area contributed by atoms with Gasteiger partial charge in [0.05, 0.1) is 24.8 Å². The van der Waals surface area contributed by atoms with Crippen LogP contribution >= 0.6 is 0 Å². The highest BCUT2D eigenvalue weighted by molar-refractivity contribution is 5.87. The lowest BCUT2D eigenvalue weighted by molar-refractivity contribution is -0.147. The number of carbonyl (C=O) groups excluding carboxylic acids is 1. The third-order valence-corrected chi connectivity index (χ3v) is 4.58. The van der Waals surface area contributed by atoms with Crippen molar-refractivity contribution < 1.29 is 19.4 Å². The zero-order valence-electron chi connectivity index (χ0n) is 12.9. The van der Waals surface area contributed by atoms with E-state index >= 15 is 0 Å². The van der Waals surface area contributed by atoms with Gasteiger partial charge in [0.15, 0.2) is 0 Å². The minimum absolute atomic E-state index is 0.0193. The van der Waals surface area contributed by atoms with Crippen molar-refractivity contribution in [1.29, 1.82) is 0 Å². The molecule has 0 aliphatic carbocycles. The Morgan fingerprint density at radius 3 is 2.71 bits per heavy atom. The highest BCUT2D eigenvalue weighted by atomic mass is 16.5. The smallest absolute Gasteiger partial charge is 0.311 e. The summed E-state index contributed by atoms with van der Waals surface area (Å²) >= 11 is 0. The van der Waals surface area contributed by atoms with Gasteiger partial charge in [-0.2, -0.15) is 0 Å². The number of amides is 1. The molecule has 2 aliphatic rings. The first-order chi connectivity index (χ1) is 9.99. The first kappa shape index (κ1) is 16.2. The number of carboxylic acids is 1. The number of carboxylic acid groups (broad SMARTS) is 1. The topological polar surface area (TPSA) is 78.9 Å². The molecule has 0 bridgehead atoms. The molecule has 0 saturated carbocycles. The van der Waals surface area contributed by atoms with Crippen LogP contribution in [-0.2, 0) is 14.3 Å². The minimum atomic E-state index is -0.881. The molecular weight excluding hydrogens is 272 g/mol. The summed E-state index contributed by atoms with van der Waals surface area (Å²) in [6.07, 6.45) is 3.72. The molecule has 21 heavy (non-hydrogen) atoms. The van der Waals surface area contributed by atoms with Crippen LogP contribution in [0.4, 0.5) is 0 Å². The number of piperidine rings is 1. The lowest BCUT2D eigenvalue weighted by Gasteiger charge is -2.40. The molecule has 2 N–H and O–H groups in total. The van der Waals surface area contributed by atoms with Gasteiger partial charge in [-0.15, -0.1) is 0 Å². The summed E-state index contributed by atoms with van der Waals surface area (Å²) in [6, 6.07) is -0.351. The Labute approximate surface area is 125 Å². The van der Waals surface area contributed by atoms with Gasteiger partial charge in [0.2, 0.25) is 5.91 Å². The van der Waals surface area contributed by atoms with Gasteiger partial charge < -0.3 is 20.1 Å². The molecule has 2 saturated heterocycles. The molecule has 0 radical (unpaired) electrons. The molecule has 0 aromatic carbocycles. The second-order valence-electron chi connectivity index (χ2n) is 6.26. The van der Waals surface area contributed by atoms with Crippen LogP contribution in [0.25, 0.3) is 0 Å². The Balaban J connectivity index is 2.17. The quantitative estimate of drug-likeness (QED) is 0.787. The first-order valence-electron chi connectivity index (χ1n) is 7.86. The molecule has 2 rings (SSSR count). The molecule has 1 amide bonds. The fourth-order valence-electron chi connectivity index (χ4n) is 3.30. The zero-order valence-corrected chi connectivity index (χ0v) is 12.9. The lowest BCUT2D eigenvalue weighted by Crippen LogP contribution is -2.61. The van der Waals surface area contributed by atoms with Gasteiger partial charge in [-0.05, 0) is 39.2 Å². The van der Waals surface area contributed by atoms with Gasteiger partial charge in [-0.3, -0.25) is 9.59 Å². The molecule has 0 aromatic rings. The van der Waals surface area contributed by atoms with Crippen LogP contribution < -0.4 is 5.32 Å². The average molecular weight is 298 g/mol. The van der Waals surface area contributed by atoms with Gasteiger partial charge >= 0.3 is 5.97 Å². The summed E-state index contributed by atoms with van der Waals surface area (Å²) in [7, 11) is 0. The summed E-state index contributed by atoms with van der Waals surface area (Å²) in [5, 5.41) is 12.6. The van der Waals surface area contributed by atoms with Crippen LogP contribution in [-0.4, -0.2) is 59.8 Å². The molecule has 6 heteroatoms. The Morgan fingerprint density at radius 2 is 2.14 bits per heavy atom. The van der Waals surface area contributed by atoms with Crippen LogP contribution in [0, 0.1) is 5.92 Å². The molecule has 3 unspecified atom stereocenters. The van der Waals surface area contributed by atoms with Crippen molar-refractivity contribution in [2.24, 2.45) is 5.92 Å². The molecule has 2 fully saturated rings. The minimum Gasteiger partial charge on any atom is -0.481 e. The van der Waals surface area contributed by atoms with Gasteiger partial charge in [0.1, 0.15) is 5.92 Å². The van der Waals surface area contributed by atoms with Crippen LogP contribution in [0.1, 0.15) is 39.5 Å². The van der Waals surface area contributed by atoms with Crippen LogP contribution in [0.5, 0.6) is 0 Å². The highest BCUT2D eigenvalue weighted by Crippen LogP contribution is 2.27. The third kappa shape index (κ3) is 3.37. The average Bonchev–Trinajstić information content (AvgIpc) is 2.94. The summed E-state index contributed by atoms with van der Waals surface area (Å²) in [5.41, 5.74) is -0.570. The molecule has 0 spiro atoms. The summed E-state index contributed by atoms with van der Waals surface area (Å²) in [5.74, 6) is -1.48. The number of carbonyl (C=O) groups is 2. The van der Waals surface area contributed by atoms with Crippen molar-refractivity contribution in [2.45, 2.75) is 51.1 Å². The summed E-state index contributed by atoms with van der Waals surface area (Å²) < 4.78 is 5.33. The maximum absolute atomic E-state index is 13.0. The second-order valence-corrected chi connectivity index (χ2v) is 6.26. The molecule has 6 nitrogen and oxygen atoms in total. The van der Waals surface area contributed by atoms with E-state index < -0.39 is 17.4 Å². The first-order valence-corrected chi connectivity index (χ1v) is 7.86. The normalized spacial score (nSPS) is 32.9. The zero-order chi connectivity index (χ0) is 15.5. The number of rotatable bonds is 5. The van der Waals surface area contributed by atoms with E-state index in [1.165, 1.54) is 0 Å². The highest BCUT2D eigenvalue weighted by Gasteiger charge is 2.45. The van der Waals surface area contributed by atoms with E-state index in [0.29, 0.717) is 13.2 Å². The second kappa shape index (κ2) is 6.75. The van der Waals surface area contributed by atoms with Crippen molar-refractivity contribution in [2.75, 3.05) is 26.3 Å². The Bertz CT molecular complexity index is 393. The predicted molar refractivity (Wildman–Crippen MR) is 78.0 cm³/mol. The van der Waals surface area contributed by atoms with E-state index in [4.69, 9.17) is 4.74 Å². The van der Waals surface area contributed by atoms with Gasteiger partial charge in [-0.1, -0.05) is 6.92 Å². The number of nitrogens with zero attached hydrogens (tertiary/aromatic N) is 1. The van der Waals surface area contributed by atoms with Crippen molar-refractivity contribution >= 4 is 11.9 Å². The number of hydrogen-bond acceptors (Lipinski definition) is 4. The fourth-order valence-corrected chi connectivity index (χ4v) is 3.30. The van der Waals surface area contributed by atoms with E-state index in [-0.39, 0.29) is 18.6 Å². The van der Waals surface area contributed by atoms with Crippen molar-refractivity contribution in [1.82, 2.24) is 10.2 Å². The number of ether oxygens (including phenoxy) is 1. The maximum Gasteiger partial charge on any atom is 0.311 e. The maximum atomic E-state index is 13.0. The van der Waals surface area contributed by atoms with E-state index in [0.717, 1.165) is 32.2 Å². The van der Waals surface area contributed by atoms with Crippen LogP contribution in [0.2, 0.25) is 0 Å². The Morgan fingerprint density at radius 1 is 1.38 bits per heavy atom. The summed E-state index contributed by atoms with van der Waals surface area (Å²) in [6.45, 7) is 5.86. The fraction of sp³-hybridized carbons (Fsp3) is 0.867. The van der Waals surface area contributed by atoms with E-state index in [1.54, 1.807) is 4.90 Å². The number of nitrogens with one attached hydrogen (secondary N) is 1. The predicted octanol–water partition coefficient (Wildman–Crippen LogP) is 0.857. The van der Waals surface area contributed by atoms with Gasteiger partial charge in [0, 0.05) is 6.54 Å².